The van der Waals surface area contributed by atoms with E-state index in [2.05, 4.69) is 57.2 Å². The summed E-state index contributed by atoms with van der Waals surface area (Å²) >= 11 is 0. The largest absolute Gasteiger partial charge is 0.462 e. The predicted octanol–water partition coefficient (Wildman–Crippen LogP) is 17.7. The second-order valence-corrected chi connectivity index (χ2v) is 18.1. The van der Waals surface area contributed by atoms with Crippen LogP contribution in [0.1, 0.15) is 284 Å². The maximum absolute atomic E-state index is 12.7. The van der Waals surface area contributed by atoms with Crippen LogP contribution in [0.3, 0.4) is 0 Å². The molecule has 0 aromatic rings. The molecular weight excluding hydrogens is 769 g/mol. The highest BCUT2D eigenvalue weighted by Crippen LogP contribution is 2.16. The van der Waals surface area contributed by atoms with Crippen LogP contribution in [-0.2, 0) is 28.6 Å². The molecule has 0 fully saturated rings. The van der Waals surface area contributed by atoms with E-state index < -0.39 is 6.10 Å². The summed E-state index contributed by atoms with van der Waals surface area (Å²) in [5, 5.41) is 0. The SMILES string of the molecule is CCC/C=C\CCCCCCCC(=O)OC(COC(=O)CCCCCCCCCCC)COC(=O)CCCCCCCCCCCCCCC/C=C\C/C=C\CCCCCCC. The maximum Gasteiger partial charge on any atom is 0.306 e. The van der Waals surface area contributed by atoms with Crippen LogP contribution in [0.15, 0.2) is 36.5 Å². The van der Waals surface area contributed by atoms with Crippen LogP contribution in [0.25, 0.3) is 0 Å². The minimum Gasteiger partial charge on any atom is -0.462 e. The van der Waals surface area contributed by atoms with Gasteiger partial charge in [0, 0.05) is 19.3 Å². The molecule has 0 radical (unpaired) electrons. The zero-order valence-electron chi connectivity index (χ0n) is 41.4. The lowest BCUT2D eigenvalue weighted by Gasteiger charge is -2.18. The number of hydrogen-bond donors (Lipinski definition) is 0. The van der Waals surface area contributed by atoms with Crippen LogP contribution >= 0.6 is 0 Å². The van der Waals surface area contributed by atoms with E-state index in [1.807, 2.05) is 0 Å². The van der Waals surface area contributed by atoms with E-state index in [1.165, 1.54) is 161 Å². The van der Waals surface area contributed by atoms with Crippen molar-refractivity contribution in [3.05, 3.63) is 36.5 Å². The van der Waals surface area contributed by atoms with Gasteiger partial charge in [0.2, 0.25) is 0 Å². The highest BCUT2D eigenvalue weighted by molar-refractivity contribution is 5.71. The standard InChI is InChI=1S/C56H102O6/c1-4-7-10-13-16-19-21-22-23-24-25-26-27-28-29-30-31-32-33-34-35-38-40-43-46-49-55(58)61-52-53(51-60-54(57)48-45-42-39-36-18-15-12-9-6-3)62-56(59)50-47-44-41-37-20-17-14-11-8-5-2/h11,14,21-22,24-25,53H,4-10,12-13,15-20,23,26-52H2,1-3H3/b14-11-,22-21-,25-24-. The van der Waals surface area contributed by atoms with Crippen LogP contribution in [0.2, 0.25) is 0 Å². The summed E-state index contributed by atoms with van der Waals surface area (Å²) in [4.78, 5) is 37.8. The number of ether oxygens (including phenoxy) is 3. The van der Waals surface area contributed by atoms with Gasteiger partial charge in [-0.25, -0.2) is 0 Å². The molecule has 0 aliphatic carbocycles. The summed E-state index contributed by atoms with van der Waals surface area (Å²) in [6.45, 7) is 6.56. The topological polar surface area (TPSA) is 78.9 Å². The Hall–Kier alpha value is -2.37. The highest BCUT2D eigenvalue weighted by atomic mass is 16.6. The Labute approximate surface area is 385 Å². The summed E-state index contributed by atoms with van der Waals surface area (Å²) in [6, 6.07) is 0. The van der Waals surface area contributed by atoms with Crippen LogP contribution in [0, 0.1) is 0 Å². The minimum atomic E-state index is -0.770. The average Bonchev–Trinajstić information content (AvgIpc) is 3.27. The molecule has 0 N–H and O–H groups in total. The Bertz CT molecular complexity index is 1050. The molecule has 0 rings (SSSR count). The molecule has 0 amide bonds. The lowest BCUT2D eigenvalue weighted by Crippen LogP contribution is -2.30. The van der Waals surface area contributed by atoms with Crippen LogP contribution in [0.4, 0.5) is 0 Å². The number of hydrogen-bond acceptors (Lipinski definition) is 6. The van der Waals surface area contributed by atoms with E-state index in [-0.39, 0.29) is 31.1 Å². The fraction of sp³-hybridized carbons (Fsp3) is 0.839. The van der Waals surface area contributed by atoms with Crippen molar-refractivity contribution in [2.75, 3.05) is 13.2 Å². The summed E-state index contributed by atoms with van der Waals surface area (Å²) < 4.78 is 16.7. The van der Waals surface area contributed by atoms with E-state index in [4.69, 9.17) is 14.2 Å². The molecule has 0 saturated heterocycles. The van der Waals surface area contributed by atoms with Gasteiger partial charge in [-0.2, -0.15) is 0 Å². The molecule has 6 nitrogen and oxygen atoms in total. The Morgan fingerprint density at radius 2 is 0.613 bits per heavy atom. The minimum absolute atomic E-state index is 0.0729. The number of esters is 3. The lowest BCUT2D eigenvalue weighted by atomic mass is 10.0. The van der Waals surface area contributed by atoms with Crippen LogP contribution in [0.5, 0.6) is 0 Å². The van der Waals surface area contributed by atoms with Crippen LogP contribution in [-0.4, -0.2) is 37.2 Å². The smallest absolute Gasteiger partial charge is 0.306 e. The first kappa shape index (κ1) is 59.6. The van der Waals surface area contributed by atoms with E-state index >= 15 is 0 Å². The number of rotatable bonds is 49. The van der Waals surface area contributed by atoms with Gasteiger partial charge >= 0.3 is 17.9 Å². The van der Waals surface area contributed by atoms with Crippen molar-refractivity contribution in [2.45, 2.75) is 290 Å². The second kappa shape index (κ2) is 51.3. The third-order valence-electron chi connectivity index (χ3n) is 11.8. The van der Waals surface area contributed by atoms with Gasteiger partial charge in [-0.15, -0.1) is 0 Å². The molecule has 0 aromatic heterocycles. The summed E-state index contributed by atoms with van der Waals surface area (Å²) in [5.74, 6) is -0.878. The predicted molar refractivity (Wildman–Crippen MR) is 266 cm³/mol. The fourth-order valence-corrected chi connectivity index (χ4v) is 7.77. The Morgan fingerprint density at radius 1 is 0.323 bits per heavy atom. The maximum atomic E-state index is 12.7. The molecule has 0 aromatic carbocycles. The van der Waals surface area contributed by atoms with Gasteiger partial charge in [-0.1, -0.05) is 231 Å². The Kier molecular flexibility index (Phi) is 49.3. The summed E-state index contributed by atoms with van der Waals surface area (Å²) in [5.41, 5.74) is 0. The van der Waals surface area contributed by atoms with Gasteiger partial charge in [0.1, 0.15) is 13.2 Å². The number of carbonyl (C=O) groups is 3. The molecule has 6 heteroatoms. The third-order valence-corrected chi connectivity index (χ3v) is 11.8. The molecule has 62 heavy (non-hydrogen) atoms. The molecular formula is C56H102O6. The van der Waals surface area contributed by atoms with Crippen molar-refractivity contribution in [1.29, 1.82) is 0 Å². The lowest BCUT2D eigenvalue weighted by molar-refractivity contribution is -0.167. The number of allylic oxidation sites excluding steroid dienone is 6. The molecule has 1 unspecified atom stereocenters. The van der Waals surface area contributed by atoms with Gasteiger partial charge in [0.15, 0.2) is 6.10 Å². The Balaban J connectivity index is 4.11. The molecule has 1 atom stereocenters. The van der Waals surface area contributed by atoms with E-state index in [0.717, 1.165) is 83.5 Å². The zero-order valence-corrected chi connectivity index (χ0v) is 41.4. The number of carbonyl (C=O) groups excluding carboxylic acids is 3. The normalized spacial score (nSPS) is 12.2. The van der Waals surface area contributed by atoms with Gasteiger partial charge in [-0.3, -0.25) is 14.4 Å². The molecule has 0 saturated carbocycles. The monoisotopic (exact) mass is 871 g/mol. The quantitative estimate of drug-likeness (QED) is 0.0262. The molecule has 0 bridgehead atoms. The zero-order chi connectivity index (χ0) is 45.1. The fourth-order valence-electron chi connectivity index (χ4n) is 7.77. The van der Waals surface area contributed by atoms with Gasteiger partial charge in [0.25, 0.3) is 0 Å². The third kappa shape index (κ3) is 48.7. The van der Waals surface area contributed by atoms with E-state index in [1.54, 1.807) is 0 Å². The first-order chi connectivity index (χ1) is 30.5. The van der Waals surface area contributed by atoms with Crippen molar-refractivity contribution in [2.24, 2.45) is 0 Å². The Morgan fingerprint density at radius 3 is 0.968 bits per heavy atom. The summed E-state index contributed by atoms with van der Waals surface area (Å²) in [6.07, 6.45) is 60.1. The first-order valence-electron chi connectivity index (χ1n) is 27.0. The van der Waals surface area contributed by atoms with Crippen LogP contribution < -0.4 is 0 Å². The number of unbranched alkanes of at least 4 members (excludes halogenated alkanes) is 32. The first-order valence-corrected chi connectivity index (χ1v) is 27.0. The van der Waals surface area contributed by atoms with Crippen molar-refractivity contribution in [3.8, 4) is 0 Å². The second-order valence-electron chi connectivity index (χ2n) is 18.1. The van der Waals surface area contributed by atoms with Crippen molar-refractivity contribution in [1.82, 2.24) is 0 Å². The summed E-state index contributed by atoms with van der Waals surface area (Å²) in [7, 11) is 0. The van der Waals surface area contributed by atoms with Crippen molar-refractivity contribution in [3.63, 3.8) is 0 Å². The highest BCUT2D eigenvalue weighted by Gasteiger charge is 2.19. The average molecular weight is 871 g/mol. The molecule has 0 heterocycles. The van der Waals surface area contributed by atoms with E-state index in [9.17, 15) is 14.4 Å². The van der Waals surface area contributed by atoms with Crippen molar-refractivity contribution >= 4 is 17.9 Å². The molecule has 0 spiro atoms. The molecule has 0 aliphatic rings. The molecule has 0 aliphatic heterocycles. The van der Waals surface area contributed by atoms with Gasteiger partial charge in [0.05, 0.1) is 0 Å². The van der Waals surface area contributed by atoms with Gasteiger partial charge in [-0.05, 0) is 70.6 Å². The molecule has 362 valence electrons. The van der Waals surface area contributed by atoms with Crippen molar-refractivity contribution < 1.29 is 28.6 Å². The van der Waals surface area contributed by atoms with Gasteiger partial charge < -0.3 is 14.2 Å². The van der Waals surface area contributed by atoms with E-state index in [0.29, 0.717) is 19.3 Å².